The zero-order chi connectivity index (χ0) is 65.4. The highest BCUT2D eigenvalue weighted by molar-refractivity contribution is 6.20. The fraction of sp³-hybridized carbons (Fsp3) is 0.386. The smallest absolute Gasteiger partial charge is 0.338 e. The van der Waals surface area contributed by atoms with Gasteiger partial charge in [0.25, 0.3) is 0 Å². The summed E-state index contributed by atoms with van der Waals surface area (Å²) in [4.78, 5) is 113. The number of nitrogens with one attached hydrogen (secondary N) is 6. The maximum atomic E-state index is 15.0. The molecule has 6 aromatic rings. The SMILES string of the molecule is C=Cc1c(C)/c2[nH]c1=Cc1[nH]c(c(CC)c1C)/C=c1\[nH]c(c(C(=O)O)c1C)=C(C)C1=NC(\C=2)[C@@H](C)[C@@H]1CCC(=O)C[C@@H](CCCN=C(N)N)C(=O)N[C@@H](CCCN=C(N)N)C(=O)C[C@@H](Cc1c[nH]c2ccccc12)C(=O)N[C@@H](CC1=CCc2ccccc21)C(=O)O. The molecule has 16 N–H and O–H groups in total. The highest BCUT2D eigenvalue weighted by Crippen LogP contribution is 2.36. The average molecular weight is 1240 g/mol. The first-order chi connectivity index (χ1) is 43.5. The minimum atomic E-state index is -1.32. The number of allylic oxidation sites excluding steroid dienone is 1. The number of para-hydroxylation sites is 1. The fourth-order valence-corrected chi connectivity index (χ4v) is 13.5. The van der Waals surface area contributed by atoms with E-state index in [9.17, 15) is 39.0 Å². The molecule has 2 aliphatic heterocycles. The summed E-state index contributed by atoms with van der Waals surface area (Å²) in [6.45, 7) is 16.4. The Morgan fingerprint density at radius 2 is 1.46 bits per heavy atom. The van der Waals surface area contributed by atoms with Crippen LogP contribution in [0.5, 0.6) is 0 Å². The van der Waals surface area contributed by atoms with Gasteiger partial charge in [-0.2, -0.15) is 0 Å². The molecular formula is C70H85N13O8. The summed E-state index contributed by atoms with van der Waals surface area (Å²) in [6, 6.07) is 12.3. The van der Waals surface area contributed by atoms with Crippen LogP contribution in [0.1, 0.15) is 145 Å². The predicted molar refractivity (Wildman–Crippen MR) is 358 cm³/mol. The molecule has 0 fully saturated rings. The number of aromatic carboxylic acids is 1. The molecule has 0 saturated carbocycles. The van der Waals surface area contributed by atoms with Crippen LogP contribution in [0.4, 0.5) is 0 Å². The van der Waals surface area contributed by atoms with Gasteiger partial charge in [0.1, 0.15) is 11.8 Å². The molecule has 0 radical (unpaired) electrons. The van der Waals surface area contributed by atoms with Crippen LogP contribution in [-0.4, -0.2) is 114 Å². The van der Waals surface area contributed by atoms with E-state index in [1.807, 2.05) is 80.6 Å². The molecule has 2 aromatic carbocycles. The van der Waals surface area contributed by atoms with Crippen LogP contribution in [0.2, 0.25) is 0 Å². The lowest BCUT2D eigenvalue weighted by Crippen LogP contribution is -2.47. The summed E-state index contributed by atoms with van der Waals surface area (Å²) in [6.07, 6.45) is 13.7. The second-order valence-corrected chi connectivity index (χ2v) is 24.4. The summed E-state index contributed by atoms with van der Waals surface area (Å²) < 4.78 is 0. The molecule has 21 heteroatoms. The molecule has 478 valence electrons. The topological polar surface area (TPSA) is 371 Å². The molecule has 3 aliphatic rings. The second kappa shape index (κ2) is 28.8. The van der Waals surface area contributed by atoms with Crippen LogP contribution in [0.15, 0.2) is 82.4 Å². The predicted octanol–water partition coefficient (Wildman–Crippen LogP) is 5.04. The molecule has 9 rings (SSSR count). The van der Waals surface area contributed by atoms with E-state index in [0.717, 1.165) is 83.9 Å². The number of aromatic nitrogens is 4. The zero-order valence-electron chi connectivity index (χ0n) is 52.7. The number of aliphatic imine (C=N–C) groups is 3. The molecular weight excluding hydrogens is 1150 g/mol. The number of aliphatic carboxylic acids is 1. The number of guanidine groups is 2. The Balaban J connectivity index is 1.00. The van der Waals surface area contributed by atoms with E-state index in [4.69, 9.17) is 27.9 Å². The van der Waals surface area contributed by atoms with Crippen molar-refractivity contribution >= 4 is 99.3 Å². The molecule has 8 bridgehead atoms. The lowest BCUT2D eigenvalue weighted by atomic mass is 9.81. The number of hydrogen-bond acceptors (Lipinski definition) is 9. The van der Waals surface area contributed by atoms with Gasteiger partial charge < -0.3 is 63.7 Å². The van der Waals surface area contributed by atoms with Gasteiger partial charge in [-0.1, -0.05) is 75.0 Å². The lowest BCUT2D eigenvalue weighted by Gasteiger charge is -2.25. The Morgan fingerprint density at radius 1 is 0.780 bits per heavy atom. The molecule has 2 amide bonds. The van der Waals surface area contributed by atoms with Crippen LogP contribution >= 0.6 is 0 Å². The highest BCUT2D eigenvalue weighted by Gasteiger charge is 2.38. The molecule has 1 unspecified atom stereocenters. The number of Topliss-reactive ketones (excluding diaryl/α,β-unsaturated/α-hetero) is 2. The molecule has 21 nitrogen and oxygen atoms in total. The number of ketones is 2. The van der Waals surface area contributed by atoms with Crippen LogP contribution in [0.3, 0.4) is 0 Å². The number of carbonyl (C=O) groups is 6. The Hall–Kier alpha value is -9.79. The fourth-order valence-electron chi connectivity index (χ4n) is 13.5. The van der Waals surface area contributed by atoms with Gasteiger partial charge in [0.05, 0.1) is 23.0 Å². The van der Waals surface area contributed by atoms with Gasteiger partial charge in [-0.3, -0.25) is 34.2 Å². The van der Waals surface area contributed by atoms with Crippen LogP contribution in [-0.2, 0) is 43.2 Å². The van der Waals surface area contributed by atoms with Crippen LogP contribution in [0.25, 0.3) is 46.4 Å². The Bertz CT molecular complexity index is 4220. The number of H-pyrrole nitrogens is 4. The molecule has 1 aliphatic carbocycles. The minimum Gasteiger partial charge on any atom is -0.480 e. The lowest BCUT2D eigenvalue weighted by molar-refractivity contribution is -0.142. The standard InChI is InChI=1S/C70H85N13O8/c1-8-47-36(3)54-32-56-38(5)49(63(80-56)40(7)64-62(68(90)91)39(6)57(81-64)34-59-48(9-2)37(4)55(79-59)33-58(47)78-54)25-24-46(84)29-43(17-14-26-75-69(71)72)65(86)82-53(21-15-27-76-70(73)74)61(85)31-44(28-45-35-77-52-20-13-12-19-51(45)52)66(87)83-60(67(88)89)30-42-23-22-41-16-10-11-18-50(41)42/h8,10-13,16,18-20,23,32-35,38,43-44,49,53,56,60,77-79,81H,1,9,14-15,17,21-22,24-31H2,2-7H3,(H,82,86)(H,83,87)(H,88,89)(H,90,91)(H4,71,72,75)(H4,73,74,76)/b54-32-,57-34-,58-33?,64-40?/t38-,43+,44+,49-,53-,56?,60-/m0/s1. The van der Waals surface area contributed by atoms with Crippen LogP contribution in [0, 0.1) is 44.4 Å². The van der Waals surface area contributed by atoms with Gasteiger partial charge in [0, 0.05) is 112 Å². The van der Waals surface area contributed by atoms with Crippen molar-refractivity contribution in [2.24, 2.45) is 61.6 Å². The van der Waals surface area contributed by atoms with Crippen molar-refractivity contribution in [1.82, 2.24) is 30.6 Å². The number of carbonyl (C=O) groups excluding carboxylic acids is 4. The Kier molecular flexibility index (Phi) is 20.8. The number of fused-ring (bicyclic) bond motifs is 9. The van der Waals surface area contributed by atoms with Gasteiger partial charge in [-0.15, -0.1) is 0 Å². The van der Waals surface area contributed by atoms with E-state index in [1.165, 1.54) is 0 Å². The van der Waals surface area contributed by atoms with Crippen molar-refractivity contribution in [3.05, 3.63) is 150 Å². The third kappa shape index (κ3) is 14.9. The zero-order valence-corrected chi connectivity index (χ0v) is 52.7. The molecule has 0 spiro atoms. The van der Waals surface area contributed by atoms with Crippen molar-refractivity contribution in [1.29, 1.82) is 0 Å². The number of hydrogen-bond donors (Lipinski definition) is 12. The van der Waals surface area contributed by atoms with Crippen molar-refractivity contribution in [3.8, 4) is 0 Å². The largest absolute Gasteiger partial charge is 0.480 e. The summed E-state index contributed by atoms with van der Waals surface area (Å²) >= 11 is 0. The third-order valence-electron chi connectivity index (χ3n) is 18.5. The van der Waals surface area contributed by atoms with E-state index in [1.54, 1.807) is 13.1 Å². The van der Waals surface area contributed by atoms with Crippen molar-refractivity contribution in [2.45, 2.75) is 137 Å². The van der Waals surface area contributed by atoms with Gasteiger partial charge >= 0.3 is 11.9 Å². The third-order valence-corrected chi connectivity index (χ3v) is 18.5. The summed E-state index contributed by atoms with van der Waals surface area (Å²) in [7, 11) is 0. The summed E-state index contributed by atoms with van der Waals surface area (Å²) in [5.41, 5.74) is 34.9. The van der Waals surface area contributed by atoms with E-state index in [2.05, 4.69) is 80.1 Å². The number of nitrogens with two attached hydrogens (primary N) is 4. The van der Waals surface area contributed by atoms with E-state index < -0.39 is 59.5 Å². The number of nitrogens with zero attached hydrogens (tertiary/aromatic N) is 3. The monoisotopic (exact) mass is 1240 g/mol. The summed E-state index contributed by atoms with van der Waals surface area (Å²) in [5.74, 6) is -7.12. The van der Waals surface area contributed by atoms with E-state index in [0.29, 0.717) is 46.8 Å². The number of carboxylic acids is 2. The minimum absolute atomic E-state index is 0.0189. The van der Waals surface area contributed by atoms with E-state index >= 15 is 0 Å². The second-order valence-electron chi connectivity index (χ2n) is 24.4. The van der Waals surface area contributed by atoms with Gasteiger partial charge in [0.15, 0.2) is 17.7 Å². The average Bonchev–Trinajstić information content (AvgIpc) is 1.64. The quantitative estimate of drug-likeness (QED) is 0.0175. The molecule has 0 saturated heterocycles. The van der Waals surface area contributed by atoms with Crippen molar-refractivity contribution in [3.63, 3.8) is 0 Å². The number of aromatic amines is 4. The molecule has 6 heterocycles. The first-order valence-corrected chi connectivity index (χ1v) is 31.3. The van der Waals surface area contributed by atoms with Crippen LogP contribution < -0.4 is 55.0 Å². The maximum Gasteiger partial charge on any atom is 0.338 e. The number of rotatable bonds is 28. The first kappa shape index (κ1) is 65.7. The van der Waals surface area contributed by atoms with Gasteiger partial charge in [0.2, 0.25) is 11.8 Å². The molecule has 7 atom stereocenters. The number of amides is 2. The maximum absolute atomic E-state index is 15.0. The first-order valence-electron chi connectivity index (χ1n) is 31.3. The van der Waals surface area contributed by atoms with Crippen molar-refractivity contribution < 1.29 is 39.0 Å². The van der Waals surface area contributed by atoms with E-state index in [-0.39, 0.29) is 99.6 Å². The van der Waals surface area contributed by atoms with Gasteiger partial charge in [-0.05, 0) is 159 Å². The number of carboxylic acid groups (broad SMARTS) is 2. The Labute approximate surface area is 528 Å². The summed E-state index contributed by atoms with van der Waals surface area (Å²) in [5, 5.41) is 30.7. The molecule has 4 aromatic heterocycles. The Morgan fingerprint density at radius 3 is 2.16 bits per heavy atom. The number of benzene rings is 2. The highest BCUT2D eigenvalue weighted by atomic mass is 16.4. The van der Waals surface area contributed by atoms with Gasteiger partial charge in [-0.25, -0.2) is 9.59 Å². The van der Waals surface area contributed by atoms with Crippen molar-refractivity contribution in [2.75, 3.05) is 13.1 Å². The molecule has 91 heavy (non-hydrogen) atoms. The normalized spacial score (nSPS) is 17.7.